The Labute approximate surface area is 164 Å². The summed E-state index contributed by atoms with van der Waals surface area (Å²) in [5.41, 5.74) is 0.870. The molecule has 28 heavy (non-hydrogen) atoms. The topological polar surface area (TPSA) is 76.3 Å². The number of benzene rings is 1. The van der Waals surface area contributed by atoms with Gasteiger partial charge in [-0.25, -0.2) is 17.2 Å². The van der Waals surface area contributed by atoms with Crippen LogP contribution in [0.5, 0.6) is 0 Å². The van der Waals surface area contributed by atoms with E-state index in [0.29, 0.717) is 24.6 Å². The van der Waals surface area contributed by atoms with Crippen LogP contribution < -0.4 is 0 Å². The van der Waals surface area contributed by atoms with E-state index in [9.17, 15) is 17.2 Å². The Bertz CT molecular complexity index is 1070. The number of aromatic nitrogens is 2. The van der Waals surface area contributed by atoms with Gasteiger partial charge in [0, 0.05) is 30.5 Å². The number of thiophene rings is 1. The molecule has 0 amide bonds. The van der Waals surface area contributed by atoms with Gasteiger partial charge in [0.25, 0.3) is 0 Å². The van der Waals surface area contributed by atoms with Gasteiger partial charge in [0.2, 0.25) is 21.7 Å². The Hall–Kier alpha value is -2.17. The maximum absolute atomic E-state index is 14.0. The van der Waals surface area contributed by atoms with Crippen LogP contribution in [-0.2, 0) is 16.4 Å². The van der Waals surface area contributed by atoms with E-state index in [1.54, 1.807) is 0 Å². The van der Waals surface area contributed by atoms with E-state index < -0.39 is 26.6 Å². The van der Waals surface area contributed by atoms with Crippen molar-refractivity contribution in [1.29, 1.82) is 0 Å². The second kappa shape index (κ2) is 7.69. The first-order valence-electron chi connectivity index (χ1n) is 8.74. The molecule has 2 aromatic heterocycles. The lowest BCUT2D eigenvalue weighted by Crippen LogP contribution is -2.40. The lowest BCUT2D eigenvalue weighted by atomic mass is 9.96. The van der Waals surface area contributed by atoms with Crippen LogP contribution in [0.15, 0.2) is 44.4 Å². The molecule has 0 N–H and O–H groups in total. The Morgan fingerprint density at radius 3 is 2.93 bits per heavy atom. The standard InChI is InChI=1S/C18H17F2N3O3S2/c19-14-3-4-15(20)16(9-14)28(24,25)23-6-1-2-12(10-23)8-17-21-18(22-26-17)13-5-7-27-11-13/h3-5,7,9,11-12H,1-2,6,8,10H2. The van der Waals surface area contributed by atoms with Crippen molar-refractivity contribution < 1.29 is 21.7 Å². The Balaban J connectivity index is 1.49. The number of sulfonamides is 1. The molecular formula is C18H17F2N3O3S2. The first-order valence-corrected chi connectivity index (χ1v) is 11.1. The van der Waals surface area contributed by atoms with Gasteiger partial charge in [0.15, 0.2) is 0 Å². The fourth-order valence-corrected chi connectivity index (χ4v) is 5.58. The summed E-state index contributed by atoms with van der Waals surface area (Å²) in [5, 5.41) is 7.79. The highest BCUT2D eigenvalue weighted by molar-refractivity contribution is 7.89. The monoisotopic (exact) mass is 425 g/mol. The molecule has 0 radical (unpaired) electrons. The van der Waals surface area contributed by atoms with Gasteiger partial charge in [-0.1, -0.05) is 5.16 Å². The predicted octanol–water partition coefficient (Wildman–Crippen LogP) is 3.72. The largest absolute Gasteiger partial charge is 0.339 e. The molecule has 0 saturated carbocycles. The molecule has 0 spiro atoms. The molecule has 4 rings (SSSR count). The molecule has 3 heterocycles. The highest BCUT2D eigenvalue weighted by Crippen LogP contribution is 2.28. The molecule has 1 saturated heterocycles. The molecule has 1 fully saturated rings. The summed E-state index contributed by atoms with van der Waals surface area (Å²) < 4.78 is 59.5. The third-order valence-electron chi connectivity index (χ3n) is 4.70. The Kier molecular flexibility index (Phi) is 5.26. The smallest absolute Gasteiger partial charge is 0.246 e. The maximum Gasteiger partial charge on any atom is 0.246 e. The zero-order chi connectivity index (χ0) is 19.7. The van der Waals surface area contributed by atoms with Gasteiger partial charge >= 0.3 is 0 Å². The molecule has 1 aliphatic heterocycles. The van der Waals surface area contributed by atoms with Gasteiger partial charge in [0.1, 0.15) is 16.5 Å². The molecular weight excluding hydrogens is 408 g/mol. The summed E-state index contributed by atoms with van der Waals surface area (Å²) in [6.45, 7) is 0.452. The first kappa shape index (κ1) is 19.2. The third kappa shape index (κ3) is 3.85. The Morgan fingerprint density at radius 2 is 2.14 bits per heavy atom. The van der Waals surface area contributed by atoms with Crippen molar-refractivity contribution in [2.45, 2.75) is 24.2 Å². The second-order valence-electron chi connectivity index (χ2n) is 6.67. The minimum atomic E-state index is -4.12. The summed E-state index contributed by atoms with van der Waals surface area (Å²) in [5.74, 6) is -0.863. The van der Waals surface area contributed by atoms with Crippen molar-refractivity contribution in [3.05, 3.63) is 52.6 Å². The van der Waals surface area contributed by atoms with Crippen LogP contribution in [0.4, 0.5) is 8.78 Å². The van der Waals surface area contributed by atoms with Crippen LogP contribution in [0.2, 0.25) is 0 Å². The lowest BCUT2D eigenvalue weighted by molar-refractivity contribution is 0.246. The zero-order valence-corrected chi connectivity index (χ0v) is 16.3. The zero-order valence-electron chi connectivity index (χ0n) is 14.7. The van der Waals surface area contributed by atoms with E-state index in [1.165, 1.54) is 15.6 Å². The van der Waals surface area contributed by atoms with Gasteiger partial charge in [-0.3, -0.25) is 0 Å². The van der Waals surface area contributed by atoms with Crippen molar-refractivity contribution in [3.63, 3.8) is 0 Å². The fraction of sp³-hybridized carbons (Fsp3) is 0.333. The van der Waals surface area contributed by atoms with Crippen molar-refractivity contribution in [2.75, 3.05) is 13.1 Å². The minimum absolute atomic E-state index is 0.0454. The number of piperidine rings is 1. The average molecular weight is 425 g/mol. The highest BCUT2D eigenvalue weighted by Gasteiger charge is 2.33. The van der Waals surface area contributed by atoms with Crippen LogP contribution >= 0.6 is 11.3 Å². The molecule has 1 atom stereocenters. The van der Waals surface area contributed by atoms with Gasteiger partial charge in [-0.2, -0.15) is 20.6 Å². The van der Waals surface area contributed by atoms with Crippen LogP contribution in [0.3, 0.4) is 0 Å². The quantitative estimate of drug-likeness (QED) is 0.623. The molecule has 1 aromatic carbocycles. The number of nitrogens with zero attached hydrogens (tertiary/aromatic N) is 3. The van der Waals surface area contributed by atoms with Gasteiger partial charge < -0.3 is 4.52 Å². The second-order valence-corrected chi connectivity index (χ2v) is 9.36. The molecule has 0 aliphatic carbocycles. The summed E-state index contributed by atoms with van der Waals surface area (Å²) in [4.78, 5) is 3.74. The van der Waals surface area contributed by atoms with Crippen molar-refractivity contribution in [2.24, 2.45) is 5.92 Å². The molecule has 1 unspecified atom stereocenters. The summed E-state index contributed by atoms with van der Waals surface area (Å²) >= 11 is 1.53. The summed E-state index contributed by atoms with van der Waals surface area (Å²) in [6, 6.07) is 4.34. The Morgan fingerprint density at radius 1 is 1.29 bits per heavy atom. The first-order chi connectivity index (χ1) is 13.4. The number of hydrogen-bond acceptors (Lipinski definition) is 6. The van der Waals surface area contributed by atoms with E-state index >= 15 is 0 Å². The van der Waals surface area contributed by atoms with Gasteiger partial charge in [-0.05, 0) is 48.4 Å². The van der Waals surface area contributed by atoms with Crippen LogP contribution in [0.25, 0.3) is 11.4 Å². The van der Waals surface area contributed by atoms with Gasteiger partial charge in [-0.15, -0.1) is 0 Å². The molecule has 3 aromatic rings. The highest BCUT2D eigenvalue weighted by atomic mass is 32.2. The molecule has 148 valence electrons. The van der Waals surface area contributed by atoms with Crippen molar-refractivity contribution >= 4 is 21.4 Å². The van der Waals surface area contributed by atoms with E-state index in [4.69, 9.17) is 4.52 Å². The summed E-state index contributed by atoms with van der Waals surface area (Å²) in [7, 11) is -4.12. The van der Waals surface area contributed by atoms with E-state index in [0.717, 1.165) is 30.2 Å². The number of halogens is 2. The molecule has 6 nitrogen and oxygen atoms in total. The normalized spacial score (nSPS) is 18.4. The molecule has 0 bridgehead atoms. The number of hydrogen-bond donors (Lipinski definition) is 0. The molecule has 10 heteroatoms. The van der Waals surface area contributed by atoms with Crippen molar-refractivity contribution in [1.82, 2.24) is 14.4 Å². The summed E-state index contributed by atoms with van der Waals surface area (Å²) in [6.07, 6.45) is 1.83. The van der Waals surface area contributed by atoms with E-state index in [1.807, 2.05) is 16.8 Å². The predicted molar refractivity (Wildman–Crippen MR) is 99.2 cm³/mol. The van der Waals surface area contributed by atoms with Crippen molar-refractivity contribution in [3.8, 4) is 11.4 Å². The van der Waals surface area contributed by atoms with E-state index in [2.05, 4.69) is 10.1 Å². The van der Waals surface area contributed by atoms with Crippen LogP contribution in [-0.4, -0.2) is 36.0 Å². The lowest BCUT2D eigenvalue weighted by Gasteiger charge is -2.31. The van der Waals surface area contributed by atoms with Crippen LogP contribution in [0, 0.1) is 17.6 Å². The van der Waals surface area contributed by atoms with E-state index in [-0.39, 0.29) is 19.0 Å². The fourth-order valence-electron chi connectivity index (χ4n) is 3.32. The van der Waals surface area contributed by atoms with Gasteiger partial charge in [0.05, 0.1) is 0 Å². The SMILES string of the molecule is O=S(=O)(c1cc(F)ccc1F)N1CCCC(Cc2nc(-c3ccsc3)no2)C1. The van der Waals surface area contributed by atoms with Crippen LogP contribution in [0.1, 0.15) is 18.7 Å². The molecule has 1 aliphatic rings. The average Bonchev–Trinajstić information content (AvgIpc) is 3.35. The maximum atomic E-state index is 14.0. The minimum Gasteiger partial charge on any atom is -0.339 e. The number of rotatable bonds is 5. The third-order valence-corrected chi connectivity index (χ3v) is 7.27.